The molecule has 0 aliphatic heterocycles. The van der Waals surface area contributed by atoms with Gasteiger partial charge in [-0.2, -0.15) is 0 Å². The van der Waals surface area contributed by atoms with Crippen molar-refractivity contribution >= 4 is 72.9 Å². The van der Waals surface area contributed by atoms with E-state index in [4.69, 9.17) is 0 Å². The summed E-state index contributed by atoms with van der Waals surface area (Å²) in [6.45, 7) is 36.6. The standard InChI is InChI=1S/3C28H26.6C2H6/c1-23-15-19-25(20-16-23)9-3-5-11-27-13-7-8-14-28(27)12-6-4-10-26-21-17-24(2)18-22-26;1-23-14-18-25(19-15-23)8-3-5-10-27-12-7-13-28(22-27)11-6-4-9-26-20-16-24(2)17-21-26;1-23-11-15-25(16-12-23)7-3-5-9-27-19-21-28(22-20-27)10-6-4-8-26-17-13-24(2)14-18-26;6*1-2/h3*3-22H,1-2H3;6*1-2H3/b9-3+,10-4+,11-5+,12-6+;8-3+,9-4+,10-5+,11-6+;7-3+,8-4+,9-5+,10-6+;;;;;;. The van der Waals surface area contributed by atoms with Gasteiger partial charge in [0, 0.05) is 0 Å². The third-order valence-electron chi connectivity index (χ3n) is 13.4. The van der Waals surface area contributed by atoms with Gasteiger partial charge >= 0.3 is 0 Å². The maximum Gasteiger partial charge on any atom is -0.0184 e. The molecule has 0 aliphatic carbocycles. The second-order valence-electron chi connectivity index (χ2n) is 20.7. The van der Waals surface area contributed by atoms with Crippen LogP contribution in [0, 0.1) is 41.5 Å². The maximum absolute atomic E-state index is 2.19. The molecule has 96 heavy (non-hydrogen) atoms. The van der Waals surface area contributed by atoms with E-state index >= 15 is 0 Å². The summed E-state index contributed by atoms with van der Waals surface area (Å²) in [5, 5.41) is 0. The van der Waals surface area contributed by atoms with Crippen LogP contribution in [-0.2, 0) is 0 Å². The van der Waals surface area contributed by atoms with Crippen LogP contribution >= 0.6 is 0 Å². The number of hydrogen-bond donors (Lipinski definition) is 0. The number of benzene rings is 9. The van der Waals surface area contributed by atoms with Crippen molar-refractivity contribution in [3.63, 3.8) is 0 Å². The highest BCUT2D eigenvalue weighted by molar-refractivity contribution is 5.69. The minimum absolute atomic E-state index is 1.19. The zero-order valence-corrected chi connectivity index (χ0v) is 61.6. The lowest BCUT2D eigenvalue weighted by atomic mass is 10.1. The molecule has 0 aliphatic rings. The van der Waals surface area contributed by atoms with E-state index in [0.717, 1.165) is 0 Å². The van der Waals surface area contributed by atoms with E-state index in [1.54, 1.807) is 0 Å². The molecule has 9 aromatic carbocycles. The number of aryl methyl sites for hydroxylation is 6. The first kappa shape index (κ1) is 83.9. The van der Waals surface area contributed by atoms with E-state index in [-0.39, 0.29) is 0 Å². The summed E-state index contributed by atoms with van der Waals surface area (Å²) in [4.78, 5) is 0. The number of hydrogen-bond acceptors (Lipinski definition) is 0. The zero-order valence-electron chi connectivity index (χ0n) is 61.6. The van der Waals surface area contributed by atoms with E-state index < -0.39 is 0 Å². The summed E-state index contributed by atoms with van der Waals surface area (Å²) in [7, 11) is 0. The number of rotatable bonds is 18. The molecule has 0 fully saturated rings. The summed E-state index contributed by atoms with van der Waals surface area (Å²) in [6, 6.07) is 76.7. The highest BCUT2D eigenvalue weighted by Gasteiger charge is 1.96. The fourth-order valence-electron chi connectivity index (χ4n) is 8.35. The van der Waals surface area contributed by atoms with Gasteiger partial charge in [-0.3, -0.25) is 0 Å². The van der Waals surface area contributed by atoms with Gasteiger partial charge in [0.2, 0.25) is 0 Å². The van der Waals surface area contributed by atoms with Crippen LogP contribution in [0.5, 0.6) is 0 Å². The van der Waals surface area contributed by atoms with Crippen molar-refractivity contribution < 1.29 is 0 Å². The fourth-order valence-corrected chi connectivity index (χ4v) is 8.35. The van der Waals surface area contributed by atoms with Crippen molar-refractivity contribution in [1.82, 2.24) is 0 Å². The van der Waals surface area contributed by atoms with Gasteiger partial charge in [0.1, 0.15) is 0 Å². The topological polar surface area (TPSA) is 0 Å². The summed E-state index contributed by atoms with van der Waals surface area (Å²) >= 11 is 0. The third-order valence-corrected chi connectivity index (χ3v) is 13.4. The van der Waals surface area contributed by atoms with Crippen molar-refractivity contribution in [2.75, 3.05) is 0 Å². The zero-order chi connectivity index (χ0) is 70.8. The smallest absolute Gasteiger partial charge is 0.0184 e. The lowest BCUT2D eigenvalue weighted by molar-refractivity contribution is 1.46. The van der Waals surface area contributed by atoms with Crippen LogP contribution < -0.4 is 0 Å². The summed E-state index contributed by atoms with van der Waals surface area (Å²) < 4.78 is 0. The molecule has 0 radical (unpaired) electrons. The molecule has 0 spiro atoms. The number of allylic oxidation sites excluding steroid dienone is 12. The van der Waals surface area contributed by atoms with Crippen molar-refractivity contribution in [2.45, 2.75) is 125 Å². The van der Waals surface area contributed by atoms with Gasteiger partial charge in [-0.1, -0.05) is 475 Å². The van der Waals surface area contributed by atoms with Crippen LogP contribution in [0.2, 0.25) is 0 Å². The second kappa shape index (κ2) is 55.3. The molecule has 0 atom stereocenters. The van der Waals surface area contributed by atoms with Crippen LogP contribution in [0.15, 0.2) is 291 Å². The second-order valence-corrected chi connectivity index (χ2v) is 20.7. The molecule has 0 saturated carbocycles. The average Bonchev–Trinajstić information content (AvgIpc) is 2.52. The van der Waals surface area contributed by atoms with E-state index in [2.05, 4.69) is 406 Å². The minimum atomic E-state index is 1.19. The van der Waals surface area contributed by atoms with Crippen LogP contribution in [0.25, 0.3) is 72.9 Å². The summed E-state index contributed by atoms with van der Waals surface area (Å²) in [6.07, 6.45) is 50.5. The summed E-state index contributed by atoms with van der Waals surface area (Å²) in [5.74, 6) is 0. The van der Waals surface area contributed by atoms with E-state index in [9.17, 15) is 0 Å². The Morgan fingerprint density at radius 2 is 0.292 bits per heavy atom. The molecule has 0 heterocycles. The Bertz CT molecular complexity index is 3530. The van der Waals surface area contributed by atoms with Gasteiger partial charge < -0.3 is 0 Å². The normalized spacial score (nSPS) is 10.9. The van der Waals surface area contributed by atoms with Crippen LogP contribution in [0.4, 0.5) is 0 Å². The van der Waals surface area contributed by atoms with Gasteiger partial charge in [0.05, 0.1) is 0 Å². The van der Waals surface area contributed by atoms with Crippen molar-refractivity contribution in [3.05, 3.63) is 391 Å². The molecule has 0 saturated heterocycles. The first-order chi connectivity index (χ1) is 47.1. The first-order valence-electron chi connectivity index (χ1n) is 34.9. The Labute approximate surface area is 585 Å². The van der Waals surface area contributed by atoms with Crippen molar-refractivity contribution in [3.8, 4) is 0 Å². The molecule has 9 aromatic rings. The van der Waals surface area contributed by atoms with Crippen molar-refractivity contribution in [2.24, 2.45) is 0 Å². The third kappa shape index (κ3) is 38.1. The fraction of sp³-hybridized carbons (Fsp3) is 0.188. The summed E-state index contributed by atoms with van der Waals surface area (Å²) in [5.41, 5.74) is 22.2. The van der Waals surface area contributed by atoms with Gasteiger partial charge in [-0.25, -0.2) is 0 Å². The highest BCUT2D eigenvalue weighted by Crippen LogP contribution is 2.17. The molecular formula is C96H114. The predicted molar refractivity (Wildman–Crippen MR) is 443 cm³/mol. The highest BCUT2D eigenvalue weighted by atomic mass is 14.0. The Kier molecular flexibility index (Phi) is 48.3. The molecule has 0 bridgehead atoms. The van der Waals surface area contributed by atoms with Crippen LogP contribution in [0.3, 0.4) is 0 Å². The molecule has 0 unspecified atom stereocenters. The molecule has 0 amide bonds. The molecule has 0 heteroatoms. The maximum atomic E-state index is 2.19. The average molecular weight is 1270 g/mol. The van der Waals surface area contributed by atoms with Gasteiger partial charge in [0.15, 0.2) is 0 Å². The van der Waals surface area contributed by atoms with Gasteiger partial charge in [-0.05, 0) is 114 Å². The molecular weight excluding hydrogens is 1150 g/mol. The lowest BCUT2D eigenvalue weighted by Crippen LogP contribution is -1.78. The monoisotopic (exact) mass is 1270 g/mol. The molecule has 498 valence electrons. The quantitative estimate of drug-likeness (QED) is 0.0751. The van der Waals surface area contributed by atoms with Crippen LogP contribution in [0.1, 0.15) is 183 Å². The Morgan fingerprint density at radius 3 is 0.469 bits per heavy atom. The van der Waals surface area contributed by atoms with E-state index in [0.29, 0.717) is 0 Å². The van der Waals surface area contributed by atoms with Gasteiger partial charge in [0.25, 0.3) is 0 Å². The molecule has 9 rings (SSSR count). The molecule has 0 N–H and O–H groups in total. The largest absolute Gasteiger partial charge is 0.0683 e. The molecule has 0 aromatic heterocycles. The minimum Gasteiger partial charge on any atom is -0.0683 e. The lowest BCUT2D eigenvalue weighted by Gasteiger charge is -1.99. The van der Waals surface area contributed by atoms with E-state index in [1.807, 2.05) is 83.1 Å². The molecule has 0 nitrogen and oxygen atoms in total. The Hall–Kier alpha value is -10.1. The first-order valence-corrected chi connectivity index (χ1v) is 34.9. The van der Waals surface area contributed by atoms with Crippen molar-refractivity contribution in [1.29, 1.82) is 0 Å². The SMILES string of the molecule is CC.CC.CC.CC.CC.CC.Cc1ccc(/C=C/C=C/c2ccc(/C=C/C=C/c3ccc(C)cc3)cc2)cc1.Cc1ccc(/C=C/C=C/c2cccc(/C=C/C=C/c3ccc(C)cc3)c2)cc1.Cc1ccc(/C=C/C=C/c2ccccc2/C=C/C=C/c2ccc(C)cc2)cc1. The van der Waals surface area contributed by atoms with Crippen LogP contribution in [-0.4, -0.2) is 0 Å². The Balaban J connectivity index is 0.000000666. The Morgan fingerprint density at radius 1 is 0.146 bits per heavy atom. The van der Waals surface area contributed by atoms with Gasteiger partial charge in [-0.15, -0.1) is 0 Å². The van der Waals surface area contributed by atoms with E-state index in [1.165, 1.54) is 100 Å². The predicted octanol–water partition coefficient (Wildman–Crippen LogP) is 29.4.